The van der Waals surface area contributed by atoms with Gasteiger partial charge in [0.1, 0.15) is 5.88 Å². The molecule has 2 nitrogen and oxygen atoms in total. The summed E-state index contributed by atoms with van der Waals surface area (Å²) in [4.78, 5) is 13.0. The van der Waals surface area contributed by atoms with Gasteiger partial charge in [-0.25, -0.2) is 0 Å². The SMILES string of the molecule is CN(CCc1ccc(C(C)(C)C)cc1)C(=O)CCl. The van der Waals surface area contributed by atoms with E-state index in [1.807, 2.05) is 0 Å². The Bertz CT molecular complexity index is 392. The Balaban J connectivity index is 2.57. The van der Waals surface area contributed by atoms with E-state index in [1.165, 1.54) is 11.1 Å². The summed E-state index contributed by atoms with van der Waals surface area (Å²) in [6, 6.07) is 8.61. The summed E-state index contributed by atoms with van der Waals surface area (Å²) in [6.45, 7) is 7.32. The molecule has 0 aromatic heterocycles. The van der Waals surface area contributed by atoms with Crippen molar-refractivity contribution in [3.8, 4) is 0 Å². The summed E-state index contributed by atoms with van der Waals surface area (Å²) in [5.74, 6) is 0.0300. The van der Waals surface area contributed by atoms with Gasteiger partial charge in [0.2, 0.25) is 5.91 Å². The van der Waals surface area contributed by atoms with Crippen LogP contribution in [0.15, 0.2) is 24.3 Å². The first-order chi connectivity index (χ1) is 8.34. The highest BCUT2D eigenvalue weighted by Gasteiger charge is 2.13. The lowest BCUT2D eigenvalue weighted by Gasteiger charge is -2.20. The summed E-state index contributed by atoms with van der Waals surface area (Å²) in [7, 11) is 1.79. The van der Waals surface area contributed by atoms with Crippen molar-refractivity contribution in [2.24, 2.45) is 0 Å². The fourth-order valence-corrected chi connectivity index (χ4v) is 1.90. The second-order valence-corrected chi connectivity index (χ2v) is 5.91. The van der Waals surface area contributed by atoms with Gasteiger partial charge in [-0.2, -0.15) is 0 Å². The van der Waals surface area contributed by atoms with Crippen LogP contribution in [0.4, 0.5) is 0 Å². The predicted molar refractivity (Wildman–Crippen MR) is 77.2 cm³/mol. The highest BCUT2D eigenvalue weighted by molar-refractivity contribution is 6.27. The van der Waals surface area contributed by atoms with Gasteiger partial charge in [-0.15, -0.1) is 11.6 Å². The van der Waals surface area contributed by atoms with Crippen LogP contribution in [-0.2, 0) is 16.6 Å². The van der Waals surface area contributed by atoms with E-state index >= 15 is 0 Å². The minimum absolute atomic E-state index is 0.0250. The minimum atomic E-state index is -0.0250. The lowest BCUT2D eigenvalue weighted by molar-refractivity contribution is -0.127. The molecule has 0 fully saturated rings. The van der Waals surface area contributed by atoms with Crippen LogP contribution in [0.3, 0.4) is 0 Å². The van der Waals surface area contributed by atoms with Crippen LogP contribution in [0.1, 0.15) is 31.9 Å². The van der Waals surface area contributed by atoms with Gasteiger partial charge in [0.05, 0.1) is 0 Å². The molecular weight excluding hydrogens is 246 g/mol. The minimum Gasteiger partial charge on any atom is -0.344 e. The molecule has 0 bridgehead atoms. The van der Waals surface area contributed by atoms with Crippen molar-refractivity contribution in [1.29, 1.82) is 0 Å². The summed E-state index contributed by atoms with van der Waals surface area (Å²) in [5, 5.41) is 0. The summed E-state index contributed by atoms with van der Waals surface area (Å²) in [5.41, 5.74) is 2.76. The van der Waals surface area contributed by atoms with Gasteiger partial charge in [0.15, 0.2) is 0 Å². The Morgan fingerprint density at radius 1 is 1.22 bits per heavy atom. The van der Waals surface area contributed by atoms with E-state index in [1.54, 1.807) is 11.9 Å². The van der Waals surface area contributed by atoms with Crippen molar-refractivity contribution >= 4 is 17.5 Å². The molecule has 1 amide bonds. The first kappa shape index (κ1) is 15.0. The lowest BCUT2D eigenvalue weighted by atomic mass is 9.86. The van der Waals surface area contributed by atoms with Crippen LogP contribution in [0.5, 0.6) is 0 Å². The number of hydrogen-bond donors (Lipinski definition) is 0. The number of hydrogen-bond acceptors (Lipinski definition) is 1. The quantitative estimate of drug-likeness (QED) is 0.767. The molecule has 18 heavy (non-hydrogen) atoms. The van der Waals surface area contributed by atoms with E-state index in [-0.39, 0.29) is 17.2 Å². The summed E-state index contributed by atoms with van der Waals surface area (Å²) < 4.78 is 0. The molecule has 0 aliphatic rings. The van der Waals surface area contributed by atoms with Crippen LogP contribution >= 0.6 is 11.6 Å². The first-order valence-corrected chi connectivity index (χ1v) is 6.77. The molecule has 0 N–H and O–H groups in total. The summed E-state index contributed by atoms with van der Waals surface area (Å²) in [6.07, 6.45) is 0.865. The molecule has 100 valence electrons. The predicted octanol–water partition coefficient (Wildman–Crippen LogP) is 3.22. The third kappa shape index (κ3) is 4.34. The zero-order valence-electron chi connectivity index (χ0n) is 11.7. The Labute approximate surface area is 115 Å². The van der Waals surface area contributed by atoms with Crippen LogP contribution in [0.25, 0.3) is 0 Å². The fourth-order valence-electron chi connectivity index (χ4n) is 1.69. The van der Waals surface area contributed by atoms with Gasteiger partial charge in [-0.1, -0.05) is 45.0 Å². The molecule has 1 aromatic rings. The molecule has 0 radical (unpaired) electrons. The topological polar surface area (TPSA) is 20.3 Å². The van der Waals surface area contributed by atoms with Crippen molar-refractivity contribution in [2.75, 3.05) is 19.5 Å². The Hall–Kier alpha value is -1.02. The number of alkyl halides is 1. The fraction of sp³-hybridized carbons (Fsp3) is 0.533. The normalized spacial score (nSPS) is 11.4. The van der Waals surface area contributed by atoms with Crippen LogP contribution in [0.2, 0.25) is 0 Å². The number of carbonyl (C=O) groups is 1. The molecule has 1 rings (SSSR count). The van der Waals surface area contributed by atoms with Crippen molar-refractivity contribution in [1.82, 2.24) is 4.90 Å². The number of amides is 1. The molecule has 0 aliphatic carbocycles. The molecular formula is C15H22ClNO. The Kier molecular flexibility index (Phi) is 5.21. The zero-order valence-corrected chi connectivity index (χ0v) is 12.4. The Morgan fingerprint density at radius 2 is 1.78 bits per heavy atom. The van der Waals surface area contributed by atoms with E-state index in [2.05, 4.69) is 45.0 Å². The van der Waals surface area contributed by atoms with Crippen LogP contribution < -0.4 is 0 Å². The Morgan fingerprint density at radius 3 is 2.22 bits per heavy atom. The number of nitrogens with zero attached hydrogens (tertiary/aromatic N) is 1. The molecule has 0 aliphatic heterocycles. The zero-order chi connectivity index (χ0) is 13.8. The number of carbonyl (C=O) groups excluding carboxylic acids is 1. The van der Waals surface area contributed by atoms with E-state index in [0.29, 0.717) is 6.54 Å². The number of benzene rings is 1. The molecule has 1 aromatic carbocycles. The number of likely N-dealkylation sites (N-methyl/N-ethyl adjacent to an activating group) is 1. The van der Waals surface area contributed by atoms with Crippen LogP contribution in [0, 0.1) is 0 Å². The van der Waals surface area contributed by atoms with Gasteiger partial charge in [-0.3, -0.25) is 4.79 Å². The van der Waals surface area contributed by atoms with Crippen molar-refractivity contribution < 1.29 is 4.79 Å². The van der Waals surface area contributed by atoms with E-state index in [9.17, 15) is 4.79 Å². The van der Waals surface area contributed by atoms with Gasteiger partial charge in [0.25, 0.3) is 0 Å². The van der Waals surface area contributed by atoms with Gasteiger partial charge in [0, 0.05) is 13.6 Å². The monoisotopic (exact) mass is 267 g/mol. The molecule has 0 atom stereocenters. The van der Waals surface area contributed by atoms with Crippen molar-refractivity contribution in [2.45, 2.75) is 32.6 Å². The van der Waals surface area contributed by atoms with Crippen molar-refractivity contribution in [3.05, 3.63) is 35.4 Å². The first-order valence-electron chi connectivity index (χ1n) is 6.24. The maximum absolute atomic E-state index is 11.3. The van der Waals surface area contributed by atoms with Crippen molar-refractivity contribution in [3.63, 3.8) is 0 Å². The highest BCUT2D eigenvalue weighted by atomic mass is 35.5. The highest BCUT2D eigenvalue weighted by Crippen LogP contribution is 2.22. The van der Waals surface area contributed by atoms with Gasteiger partial charge >= 0.3 is 0 Å². The smallest absolute Gasteiger partial charge is 0.237 e. The third-order valence-corrected chi connectivity index (χ3v) is 3.32. The number of halogens is 1. The molecule has 0 saturated heterocycles. The second kappa shape index (κ2) is 6.24. The van der Waals surface area contributed by atoms with Crippen LogP contribution in [-0.4, -0.2) is 30.3 Å². The largest absolute Gasteiger partial charge is 0.344 e. The maximum atomic E-state index is 11.3. The molecule has 0 heterocycles. The standard InChI is InChI=1S/C15H22ClNO/c1-15(2,3)13-7-5-12(6-8-13)9-10-17(4)14(18)11-16/h5-8H,9-11H2,1-4H3. The van der Waals surface area contributed by atoms with Gasteiger partial charge < -0.3 is 4.90 Å². The molecule has 0 unspecified atom stereocenters. The molecule has 3 heteroatoms. The van der Waals surface area contributed by atoms with Gasteiger partial charge in [-0.05, 0) is 23.0 Å². The van der Waals surface area contributed by atoms with E-state index in [4.69, 9.17) is 11.6 Å². The average Bonchev–Trinajstić information content (AvgIpc) is 2.34. The van der Waals surface area contributed by atoms with E-state index in [0.717, 1.165) is 6.42 Å². The third-order valence-electron chi connectivity index (χ3n) is 3.10. The molecule has 0 saturated carbocycles. The lowest BCUT2D eigenvalue weighted by Crippen LogP contribution is -2.29. The summed E-state index contributed by atoms with van der Waals surface area (Å²) >= 11 is 5.51. The number of rotatable bonds is 4. The molecule has 0 spiro atoms. The maximum Gasteiger partial charge on any atom is 0.237 e. The van der Waals surface area contributed by atoms with E-state index < -0.39 is 0 Å². The average molecular weight is 268 g/mol. The second-order valence-electron chi connectivity index (χ2n) is 5.65.